The van der Waals surface area contributed by atoms with Crippen LogP contribution in [0.25, 0.3) is 5.69 Å². The molecule has 0 saturated carbocycles. The molecule has 1 heterocycles. The number of nitrogens with one attached hydrogen (secondary N) is 1. The molecule has 0 aliphatic heterocycles. The Labute approximate surface area is 203 Å². The van der Waals surface area contributed by atoms with Gasteiger partial charge in [-0.25, -0.2) is 18.4 Å². The maximum absolute atomic E-state index is 15.0. The zero-order valence-electron chi connectivity index (χ0n) is 17.8. The number of carboxylic acid groups (broad SMARTS) is 1. The molecule has 0 atom stereocenters. The molecule has 0 bridgehead atoms. The van der Waals surface area contributed by atoms with Crippen molar-refractivity contribution in [3.8, 4) is 11.4 Å². The van der Waals surface area contributed by atoms with Gasteiger partial charge in [-0.05, 0) is 18.2 Å². The molecule has 15 heteroatoms. The van der Waals surface area contributed by atoms with Crippen molar-refractivity contribution in [2.24, 2.45) is 0 Å². The number of benzene rings is 2. The first-order valence-corrected chi connectivity index (χ1v) is 10.0. The van der Waals surface area contributed by atoms with Crippen molar-refractivity contribution < 1.29 is 41.4 Å². The van der Waals surface area contributed by atoms with Gasteiger partial charge >= 0.3 is 17.8 Å². The topological polar surface area (TPSA) is 115 Å². The molecular formula is C21H14ClF5N4O5. The third-order valence-electron chi connectivity index (χ3n) is 4.48. The lowest BCUT2D eigenvalue weighted by molar-refractivity contribution is -0.153. The van der Waals surface area contributed by atoms with Crippen LogP contribution in [0.15, 0.2) is 47.8 Å². The minimum absolute atomic E-state index is 0.251. The first-order chi connectivity index (χ1) is 16.8. The van der Waals surface area contributed by atoms with Gasteiger partial charge in [0, 0.05) is 12.6 Å². The van der Waals surface area contributed by atoms with Crippen LogP contribution in [0.3, 0.4) is 0 Å². The van der Waals surface area contributed by atoms with Gasteiger partial charge < -0.3 is 15.2 Å². The van der Waals surface area contributed by atoms with Gasteiger partial charge in [0.15, 0.2) is 6.61 Å². The summed E-state index contributed by atoms with van der Waals surface area (Å²) in [6.45, 7) is 1.12. The normalized spacial score (nSPS) is 11.3. The van der Waals surface area contributed by atoms with E-state index >= 15 is 4.39 Å². The van der Waals surface area contributed by atoms with E-state index in [0.29, 0.717) is 16.7 Å². The minimum atomic E-state index is -4.88. The van der Waals surface area contributed by atoms with Gasteiger partial charge in [-0.3, -0.25) is 9.36 Å². The highest BCUT2D eigenvalue weighted by Gasteiger charge is 2.31. The predicted molar refractivity (Wildman–Crippen MR) is 116 cm³/mol. The van der Waals surface area contributed by atoms with Crippen LogP contribution in [-0.4, -0.2) is 44.1 Å². The summed E-state index contributed by atoms with van der Waals surface area (Å²) in [7, 11) is 0. The molecule has 0 spiro atoms. The van der Waals surface area contributed by atoms with Crippen LogP contribution in [0, 0.1) is 11.6 Å². The molecule has 1 amide bonds. The fraction of sp³-hybridized carbons (Fsp3) is 0.143. The van der Waals surface area contributed by atoms with Crippen molar-refractivity contribution in [1.29, 1.82) is 0 Å². The molecule has 0 aliphatic carbocycles. The maximum atomic E-state index is 15.0. The largest absolute Gasteiger partial charge is 0.483 e. The monoisotopic (exact) mass is 532 g/mol. The van der Waals surface area contributed by atoms with Crippen molar-refractivity contribution in [2.45, 2.75) is 12.7 Å². The van der Waals surface area contributed by atoms with Crippen molar-refractivity contribution in [3.63, 3.8) is 0 Å². The lowest BCUT2D eigenvalue weighted by Crippen LogP contribution is -2.26. The molecule has 0 unspecified atom stereocenters. The Kier molecular flexibility index (Phi) is 7.48. The molecule has 0 fully saturated rings. The number of amides is 1. The van der Waals surface area contributed by atoms with Crippen LogP contribution in [0.1, 0.15) is 21.0 Å². The number of nitrogens with zero attached hydrogens (tertiary/aromatic N) is 3. The number of carbonyl (C=O) groups is 2. The fourth-order valence-corrected chi connectivity index (χ4v) is 3.17. The molecule has 0 radical (unpaired) electrons. The SMILES string of the molecule is C=CCn1c(C(=O)O)nn(-c2cc(OCC(F)(F)F)c(C(=O)Nc3c(F)cccc3Cl)cc2F)c1=O. The Morgan fingerprint density at radius 1 is 1.22 bits per heavy atom. The van der Waals surface area contributed by atoms with Crippen LogP contribution in [0.2, 0.25) is 5.02 Å². The lowest BCUT2D eigenvalue weighted by atomic mass is 10.1. The molecule has 36 heavy (non-hydrogen) atoms. The quantitative estimate of drug-likeness (QED) is 0.334. The van der Waals surface area contributed by atoms with Gasteiger partial charge in [-0.2, -0.15) is 17.9 Å². The number of para-hydroxylation sites is 1. The summed E-state index contributed by atoms with van der Waals surface area (Å²) in [6.07, 6.45) is -3.72. The van der Waals surface area contributed by atoms with Crippen molar-refractivity contribution >= 4 is 29.2 Å². The van der Waals surface area contributed by atoms with E-state index in [4.69, 9.17) is 11.6 Å². The van der Waals surface area contributed by atoms with Gasteiger partial charge in [0.05, 0.1) is 16.3 Å². The molecule has 0 aliphatic rings. The summed E-state index contributed by atoms with van der Waals surface area (Å²) in [6, 6.07) is 4.37. The Bertz CT molecular complexity index is 1400. The number of rotatable bonds is 8. The molecule has 3 aromatic rings. The second-order valence-electron chi connectivity index (χ2n) is 6.98. The van der Waals surface area contributed by atoms with Crippen LogP contribution in [0.5, 0.6) is 5.75 Å². The molecule has 2 aromatic carbocycles. The molecule has 9 nitrogen and oxygen atoms in total. The fourth-order valence-electron chi connectivity index (χ4n) is 2.96. The molecule has 0 saturated heterocycles. The smallest absolute Gasteiger partial charge is 0.422 e. The van der Waals surface area contributed by atoms with Crippen LogP contribution in [-0.2, 0) is 6.54 Å². The van der Waals surface area contributed by atoms with Gasteiger partial charge in [-0.15, -0.1) is 11.7 Å². The van der Waals surface area contributed by atoms with Crippen LogP contribution in [0.4, 0.5) is 27.6 Å². The summed E-state index contributed by atoms with van der Waals surface area (Å²) in [5, 5.41) is 14.6. The highest BCUT2D eigenvalue weighted by molar-refractivity contribution is 6.34. The third-order valence-corrected chi connectivity index (χ3v) is 4.79. The minimum Gasteiger partial charge on any atom is -0.483 e. The second-order valence-corrected chi connectivity index (χ2v) is 7.38. The average molecular weight is 533 g/mol. The zero-order chi connectivity index (χ0) is 26.8. The Balaban J connectivity index is 2.15. The molecule has 2 N–H and O–H groups in total. The van der Waals surface area contributed by atoms with E-state index in [1.54, 1.807) is 0 Å². The number of halogens is 6. The first-order valence-electron chi connectivity index (χ1n) is 9.67. The standard InChI is InChI=1S/C21H14ClF5N4O5/c1-2-6-30-17(19(33)34)29-31(20(30)35)14-8-15(36-9-21(25,26)27)10(7-13(14)24)18(32)28-16-11(22)4-3-5-12(16)23/h2-5,7-8H,1,6,9H2,(H,28,32)(H,33,34). The van der Waals surface area contributed by atoms with Crippen molar-refractivity contribution in [1.82, 2.24) is 14.3 Å². The van der Waals surface area contributed by atoms with Gasteiger partial charge in [-0.1, -0.05) is 23.7 Å². The number of aromatic nitrogens is 3. The van der Waals surface area contributed by atoms with E-state index in [1.807, 2.05) is 5.32 Å². The predicted octanol–water partition coefficient (Wildman–Crippen LogP) is 4.04. The van der Waals surface area contributed by atoms with Crippen molar-refractivity contribution in [3.05, 3.63) is 81.5 Å². The summed E-state index contributed by atoms with van der Waals surface area (Å²) < 4.78 is 73.0. The zero-order valence-corrected chi connectivity index (χ0v) is 18.5. The number of aromatic carboxylic acids is 1. The number of alkyl halides is 3. The van der Waals surface area contributed by atoms with Crippen LogP contribution < -0.4 is 15.7 Å². The number of allylic oxidation sites excluding steroid dienone is 1. The average Bonchev–Trinajstić information content (AvgIpc) is 3.11. The summed E-state index contributed by atoms with van der Waals surface area (Å²) in [4.78, 5) is 36.8. The molecular weight excluding hydrogens is 519 g/mol. The Morgan fingerprint density at radius 3 is 2.50 bits per heavy atom. The van der Waals surface area contributed by atoms with E-state index in [1.165, 1.54) is 12.1 Å². The summed E-state index contributed by atoms with van der Waals surface area (Å²) >= 11 is 5.83. The number of anilines is 1. The highest BCUT2D eigenvalue weighted by atomic mass is 35.5. The van der Waals surface area contributed by atoms with Crippen LogP contribution >= 0.6 is 11.6 Å². The van der Waals surface area contributed by atoms with E-state index in [2.05, 4.69) is 16.4 Å². The lowest BCUT2D eigenvalue weighted by Gasteiger charge is -2.15. The molecule has 3 rings (SSSR count). The maximum Gasteiger partial charge on any atom is 0.422 e. The number of carbonyl (C=O) groups excluding carboxylic acids is 1. The third kappa shape index (κ3) is 5.54. The summed E-state index contributed by atoms with van der Waals surface area (Å²) in [5.74, 6) is -6.96. The van der Waals surface area contributed by atoms with E-state index < -0.39 is 70.5 Å². The van der Waals surface area contributed by atoms with Gasteiger partial charge in [0.2, 0.25) is 5.82 Å². The Hall–Kier alpha value is -4.20. The number of hydrogen-bond donors (Lipinski definition) is 2. The molecule has 190 valence electrons. The van der Waals surface area contributed by atoms with E-state index in [-0.39, 0.29) is 16.2 Å². The number of hydrogen-bond acceptors (Lipinski definition) is 5. The van der Waals surface area contributed by atoms with E-state index in [0.717, 1.165) is 12.1 Å². The summed E-state index contributed by atoms with van der Waals surface area (Å²) in [5.41, 5.74) is -3.32. The van der Waals surface area contributed by atoms with Gasteiger partial charge in [0.1, 0.15) is 23.1 Å². The van der Waals surface area contributed by atoms with Crippen molar-refractivity contribution in [2.75, 3.05) is 11.9 Å². The number of carboxylic acids is 1. The number of ether oxygens (including phenoxy) is 1. The highest BCUT2D eigenvalue weighted by Crippen LogP contribution is 2.30. The van der Waals surface area contributed by atoms with E-state index in [9.17, 15) is 37.1 Å². The second kappa shape index (κ2) is 10.2. The molecule has 1 aromatic heterocycles. The van der Waals surface area contributed by atoms with Gasteiger partial charge in [0.25, 0.3) is 5.91 Å². The Morgan fingerprint density at radius 2 is 1.92 bits per heavy atom. The first kappa shape index (κ1) is 26.4.